The third-order valence-electron chi connectivity index (χ3n) is 4.18. The van der Waals surface area contributed by atoms with Gasteiger partial charge in [0, 0.05) is 35.0 Å². The number of aromatic nitrogens is 2. The summed E-state index contributed by atoms with van der Waals surface area (Å²) >= 11 is 1.36. The molecule has 2 aromatic heterocycles. The van der Waals surface area contributed by atoms with Crippen molar-refractivity contribution in [2.24, 2.45) is 0 Å². The Hall–Kier alpha value is -3.64. The summed E-state index contributed by atoms with van der Waals surface area (Å²) < 4.78 is 14.1. The van der Waals surface area contributed by atoms with Crippen LogP contribution in [0.5, 0.6) is 0 Å². The van der Waals surface area contributed by atoms with Crippen LogP contribution in [0.15, 0.2) is 84.5 Å². The Kier molecular flexibility index (Phi) is 5.54. The van der Waals surface area contributed by atoms with Crippen LogP contribution < -0.4 is 5.32 Å². The van der Waals surface area contributed by atoms with Crippen molar-refractivity contribution in [2.75, 3.05) is 5.32 Å². The highest BCUT2D eigenvalue weighted by molar-refractivity contribution is 7.13. The molecule has 4 aromatic rings. The van der Waals surface area contributed by atoms with Crippen LogP contribution in [-0.4, -0.2) is 15.9 Å². The van der Waals surface area contributed by atoms with Crippen molar-refractivity contribution in [3.05, 3.63) is 95.9 Å². The highest BCUT2D eigenvalue weighted by Crippen LogP contribution is 2.33. The van der Waals surface area contributed by atoms with Crippen molar-refractivity contribution in [3.63, 3.8) is 0 Å². The molecule has 0 radical (unpaired) electrons. The molecule has 0 fully saturated rings. The second-order valence-electron chi connectivity index (χ2n) is 6.17. The fraction of sp³-hybridized carbons (Fsp3) is 0. The molecule has 0 saturated heterocycles. The molecule has 0 atom stereocenters. The van der Waals surface area contributed by atoms with E-state index in [2.05, 4.69) is 15.3 Å². The van der Waals surface area contributed by atoms with Crippen LogP contribution in [0.2, 0.25) is 0 Å². The lowest BCUT2D eigenvalue weighted by Crippen LogP contribution is -2.08. The van der Waals surface area contributed by atoms with Gasteiger partial charge in [-0.2, -0.15) is 0 Å². The molecule has 0 saturated carbocycles. The van der Waals surface area contributed by atoms with Crippen LogP contribution in [-0.2, 0) is 4.79 Å². The van der Waals surface area contributed by atoms with Gasteiger partial charge in [0.15, 0.2) is 0 Å². The molecular formula is C23H16FN3OS. The summed E-state index contributed by atoms with van der Waals surface area (Å²) in [6.07, 6.45) is 6.51. The van der Waals surface area contributed by atoms with Gasteiger partial charge >= 0.3 is 0 Å². The van der Waals surface area contributed by atoms with E-state index in [1.807, 2.05) is 41.8 Å². The van der Waals surface area contributed by atoms with Crippen LogP contribution in [0.4, 0.5) is 10.1 Å². The molecule has 0 aliphatic carbocycles. The number of benzene rings is 2. The maximum Gasteiger partial charge on any atom is 0.248 e. The molecule has 29 heavy (non-hydrogen) atoms. The molecule has 0 spiro atoms. The zero-order valence-electron chi connectivity index (χ0n) is 15.2. The van der Waals surface area contributed by atoms with Crippen molar-refractivity contribution in [1.82, 2.24) is 9.97 Å². The molecule has 1 N–H and O–H groups in total. The number of hydrogen-bond donors (Lipinski definition) is 1. The first-order chi connectivity index (χ1) is 14.2. The SMILES string of the molecule is O=C(/C=C/c1cccnc1)Nc1ccccc1-c1csc(-c2ccccc2F)n1. The van der Waals surface area contributed by atoms with E-state index in [4.69, 9.17) is 0 Å². The van der Waals surface area contributed by atoms with E-state index in [-0.39, 0.29) is 11.7 Å². The highest BCUT2D eigenvalue weighted by Gasteiger charge is 2.13. The molecule has 1 amide bonds. The van der Waals surface area contributed by atoms with E-state index >= 15 is 0 Å². The third-order valence-corrected chi connectivity index (χ3v) is 5.06. The molecule has 4 rings (SSSR count). The summed E-state index contributed by atoms with van der Waals surface area (Å²) in [5.41, 5.74) is 3.39. The van der Waals surface area contributed by atoms with Gasteiger partial charge in [-0.1, -0.05) is 36.4 Å². The molecule has 0 aliphatic heterocycles. The number of carbonyl (C=O) groups is 1. The van der Waals surface area contributed by atoms with Gasteiger partial charge < -0.3 is 5.32 Å². The molecule has 4 nitrogen and oxygen atoms in total. The summed E-state index contributed by atoms with van der Waals surface area (Å²) in [6, 6.07) is 17.6. The number of halogens is 1. The molecule has 0 bridgehead atoms. The predicted octanol–water partition coefficient (Wildman–Crippen LogP) is 5.66. The van der Waals surface area contributed by atoms with E-state index in [1.54, 1.807) is 36.7 Å². The minimum absolute atomic E-state index is 0.258. The van der Waals surface area contributed by atoms with Gasteiger partial charge in [-0.05, 0) is 35.9 Å². The maximum atomic E-state index is 14.1. The van der Waals surface area contributed by atoms with Crippen LogP contribution in [0.3, 0.4) is 0 Å². The summed E-state index contributed by atoms with van der Waals surface area (Å²) in [5.74, 6) is -0.568. The lowest BCUT2D eigenvalue weighted by Gasteiger charge is -2.08. The zero-order valence-corrected chi connectivity index (χ0v) is 16.1. The monoisotopic (exact) mass is 401 g/mol. The number of thiazole rings is 1. The number of nitrogens with one attached hydrogen (secondary N) is 1. The first-order valence-corrected chi connectivity index (χ1v) is 9.77. The Morgan fingerprint density at radius 3 is 2.59 bits per heavy atom. The van der Waals surface area contributed by atoms with Gasteiger partial charge in [0.1, 0.15) is 10.8 Å². The van der Waals surface area contributed by atoms with Gasteiger partial charge in [0.05, 0.1) is 11.4 Å². The molecule has 0 unspecified atom stereocenters. The predicted molar refractivity (Wildman–Crippen MR) is 115 cm³/mol. The first-order valence-electron chi connectivity index (χ1n) is 8.89. The van der Waals surface area contributed by atoms with E-state index < -0.39 is 0 Å². The molecule has 6 heteroatoms. The molecular weight excluding hydrogens is 385 g/mol. The Morgan fingerprint density at radius 1 is 1.00 bits per heavy atom. The normalized spacial score (nSPS) is 10.9. The quantitative estimate of drug-likeness (QED) is 0.439. The minimum Gasteiger partial charge on any atom is -0.322 e. The van der Waals surface area contributed by atoms with Crippen molar-refractivity contribution >= 4 is 29.0 Å². The van der Waals surface area contributed by atoms with Crippen molar-refractivity contribution in [3.8, 4) is 21.8 Å². The van der Waals surface area contributed by atoms with Crippen LogP contribution in [0.1, 0.15) is 5.56 Å². The van der Waals surface area contributed by atoms with Gasteiger partial charge in [-0.25, -0.2) is 9.37 Å². The summed E-state index contributed by atoms with van der Waals surface area (Å²) in [7, 11) is 0. The largest absolute Gasteiger partial charge is 0.322 e. The Balaban J connectivity index is 1.57. The van der Waals surface area contributed by atoms with E-state index in [0.29, 0.717) is 22.0 Å². The van der Waals surface area contributed by atoms with Gasteiger partial charge in [0.25, 0.3) is 0 Å². The van der Waals surface area contributed by atoms with Crippen molar-refractivity contribution in [1.29, 1.82) is 0 Å². The first kappa shape index (κ1) is 18.7. The van der Waals surface area contributed by atoms with Gasteiger partial charge in [-0.3, -0.25) is 9.78 Å². The average molecular weight is 401 g/mol. The van der Waals surface area contributed by atoms with E-state index in [9.17, 15) is 9.18 Å². The number of anilines is 1. The minimum atomic E-state index is -0.310. The molecule has 0 aliphatic rings. The molecule has 2 aromatic carbocycles. The Labute approximate surface area is 171 Å². The highest BCUT2D eigenvalue weighted by atomic mass is 32.1. The number of amides is 1. The van der Waals surface area contributed by atoms with Gasteiger partial charge in [-0.15, -0.1) is 11.3 Å². The van der Waals surface area contributed by atoms with Gasteiger partial charge in [0.2, 0.25) is 5.91 Å². The van der Waals surface area contributed by atoms with Crippen LogP contribution in [0.25, 0.3) is 27.9 Å². The van der Waals surface area contributed by atoms with E-state index in [1.165, 1.54) is 23.5 Å². The number of nitrogens with zero attached hydrogens (tertiary/aromatic N) is 2. The van der Waals surface area contributed by atoms with E-state index in [0.717, 1.165) is 11.1 Å². The van der Waals surface area contributed by atoms with Crippen LogP contribution >= 0.6 is 11.3 Å². The number of carbonyl (C=O) groups excluding carboxylic acids is 1. The zero-order chi connectivity index (χ0) is 20.1. The number of para-hydroxylation sites is 1. The lowest BCUT2D eigenvalue weighted by atomic mass is 10.1. The fourth-order valence-electron chi connectivity index (χ4n) is 2.79. The summed E-state index contributed by atoms with van der Waals surface area (Å²) in [6.45, 7) is 0. The summed E-state index contributed by atoms with van der Waals surface area (Å²) in [5, 5.41) is 5.34. The maximum absolute atomic E-state index is 14.1. The second-order valence-corrected chi connectivity index (χ2v) is 7.03. The lowest BCUT2D eigenvalue weighted by molar-refractivity contribution is -0.111. The number of pyridine rings is 1. The summed E-state index contributed by atoms with van der Waals surface area (Å²) in [4.78, 5) is 20.9. The number of hydrogen-bond acceptors (Lipinski definition) is 4. The third kappa shape index (κ3) is 4.44. The Bertz CT molecular complexity index is 1170. The smallest absolute Gasteiger partial charge is 0.248 e. The molecule has 142 valence electrons. The topological polar surface area (TPSA) is 54.9 Å². The average Bonchev–Trinajstić information content (AvgIpc) is 3.23. The standard InChI is InChI=1S/C23H16FN3OS/c24-19-9-3-1-7-17(19)23-27-21(15-29-23)18-8-2-4-10-20(18)26-22(28)12-11-16-6-5-13-25-14-16/h1-15H,(H,26,28)/b12-11+. The molecule has 2 heterocycles. The fourth-order valence-corrected chi connectivity index (χ4v) is 3.64. The van der Waals surface area contributed by atoms with Crippen molar-refractivity contribution < 1.29 is 9.18 Å². The van der Waals surface area contributed by atoms with Crippen molar-refractivity contribution in [2.45, 2.75) is 0 Å². The Morgan fingerprint density at radius 2 is 1.79 bits per heavy atom. The number of rotatable bonds is 5. The second kappa shape index (κ2) is 8.58. The van der Waals surface area contributed by atoms with Crippen LogP contribution in [0, 0.1) is 5.82 Å².